The van der Waals surface area contributed by atoms with Crippen LogP contribution in [0, 0.1) is 0 Å². The van der Waals surface area contributed by atoms with Crippen LogP contribution in [0.5, 0.6) is 5.75 Å². The number of aromatic nitrogens is 2. The number of para-hydroxylation sites is 1. The van der Waals surface area contributed by atoms with Gasteiger partial charge in [-0.15, -0.1) is 0 Å². The molecule has 44 heavy (non-hydrogen) atoms. The van der Waals surface area contributed by atoms with Gasteiger partial charge in [-0.25, -0.2) is 9.97 Å². The molecule has 4 aromatic rings. The standard InChI is InChI=1S/C33H34Cl2N6O2S/c1-43-27-12-10-26(11-13-27)38-14-20-41(21-15-38)32(42)25-8-6-24(7-9-25)23-44-33-36-30(35)22-31(37-33)40-18-16-39(17-19-40)29-5-3-2-4-28(29)34/h2-13,22H,14-21,23H2,1H3. The third-order valence-corrected chi connectivity index (χ3v) is 9.46. The van der Waals surface area contributed by atoms with E-state index in [-0.39, 0.29) is 5.91 Å². The lowest BCUT2D eigenvalue weighted by molar-refractivity contribution is 0.0747. The van der Waals surface area contributed by atoms with Gasteiger partial charge in [-0.3, -0.25) is 4.79 Å². The first-order valence-electron chi connectivity index (χ1n) is 14.7. The predicted octanol–water partition coefficient (Wildman–Crippen LogP) is 6.37. The lowest BCUT2D eigenvalue weighted by atomic mass is 10.1. The fourth-order valence-corrected chi connectivity index (χ4v) is 6.82. The molecule has 0 N–H and O–H groups in total. The fourth-order valence-electron chi connectivity index (χ4n) is 5.53. The molecule has 6 rings (SSSR count). The number of nitrogens with zero attached hydrogens (tertiary/aromatic N) is 6. The maximum Gasteiger partial charge on any atom is 0.253 e. The molecule has 0 aliphatic carbocycles. The second-order valence-corrected chi connectivity index (χ2v) is 12.5. The second-order valence-electron chi connectivity index (χ2n) is 10.7. The van der Waals surface area contributed by atoms with Crippen molar-refractivity contribution in [3.05, 3.63) is 100 Å². The minimum atomic E-state index is 0.0658. The van der Waals surface area contributed by atoms with Crippen molar-refractivity contribution < 1.29 is 9.53 Å². The number of ether oxygens (including phenoxy) is 1. The van der Waals surface area contributed by atoms with Gasteiger partial charge in [0, 0.05) is 75.4 Å². The third-order valence-electron chi connectivity index (χ3n) is 8.03. The number of rotatable bonds is 8. The van der Waals surface area contributed by atoms with Gasteiger partial charge in [0.25, 0.3) is 5.91 Å². The first-order valence-corrected chi connectivity index (χ1v) is 16.4. The zero-order chi connectivity index (χ0) is 30.5. The molecule has 2 aliphatic rings. The average molecular weight is 650 g/mol. The van der Waals surface area contributed by atoms with Crippen LogP contribution >= 0.6 is 35.0 Å². The number of carbonyl (C=O) groups is 1. The van der Waals surface area contributed by atoms with Crippen LogP contribution in [0.4, 0.5) is 17.2 Å². The number of hydrogen-bond donors (Lipinski definition) is 0. The predicted molar refractivity (Wildman–Crippen MR) is 180 cm³/mol. The van der Waals surface area contributed by atoms with Gasteiger partial charge in [0.1, 0.15) is 16.7 Å². The zero-order valence-corrected chi connectivity index (χ0v) is 26.9. The van der Waals surface area contributed by atoms with Gasteiger partial charge in [0.2, 0.25) is 0 Å². The van der Waals surface area contributed by atoms with Crippen LogP contribution in [0.3, 0.4) is 0 Å². The van der Waals surface area contributed by atoms with E-state index in [4.69, 9.17) is 32.9 Å². The number of hydrogen-bond acceptors (Lipinski definition) is 8. The summed E-state index contributed by atoms with van der Waals surface area (Å²) in [5.74, 6) is 2.42. The Kier molecular flexibility index (Phi) is 9.64. The van der Waals surface area contributed by atoms with E-state index < -0.39 is 0 Å². The maximum atomic E-state index is 13.2. The summed E-state index contributed by atoms with van der Waals surface area (Å²) in [7, 11) is 1.67. The van der Waals surface area contributed by atoms with Crippen molar-refractivity contribution in [1.82, 2.24) is 14.9 Å². The monoisotopic (exact) mass is 648 g/mol. The van der Waals surface area contributed by atoms with Gasteiger partial charge in [0.15, 0.2) is 5.16 Å². The molecular formula is C33H34Cl2N6O2S. The van der Waals surface area contributed by atoms with Crippen LogP contribution in [0.2, 0.25) is 10.2 Å². The molecule has 228 valence electrons. The average Bonchev–Trinajstić information content (AvgIpc) is 3.07. The molecule has 8 nitrogen and oxygen atoms in total. The SMILES string of the molecule is COc1ccc(N2CCN(C(=O)c3ccc(CSc4nc(Cl)cc(N5CCN(c6ccccc6Cl)CC5)n4)cc3)CC2)cc1. The van der Waals surface area contributed by atoms with Gasteiger partial charge in [-0.05, 0) is 54.1 Å². The Morgan fingerprint density at radius 1 is 0.795 bits per heavy atom. The molecule has 0 unspecified atom stereocenters. The topological polar surface area (TPSA) is 65.0 Å². The Morgan fingerprint density at radius 3 is 2.14 bits per heavy atom. The summed E-state index contributed by atoms with van der Waals surface area (Å²) in [4.78, 5) is 31.2. The smallest absolute Gasteiger partial charge is 0.253 e. The minimum absolute atomic E-state index is 0.0658. The molecule has 2 fully saturated rings. The third kappa shape index (κ3) is 7.17. The Labute approximate surface area is 272 Å². The highest BCUT2D eigenvalue weighted by Gasteiger charge is 2.23. The Balaban J connectivity index is 1.00. The van der Waals surface area contributed by atoms with Crippen molar-refractivity contribution in [1.29, 1.82) is 0 Å². The first-order chi connectivity index (χ1) is 21.5. The van der Waals surface area contributed by atoms with Gasteiger partial charge in [-0.2, -0.15) is 0 Å². The van der Waals surface area contributed by atoms with Crippen LogP contribution in [0.15, 0.2) is 84.0 Å². The van der Waals surface area contributed by atoms with Crippen molar-refractivity contribution in [3.8, 4) is 5.75 Å². The fraction of sp³-hybridized carbons (Fsp3) is 0.303. The van der Waals surface area contributed by atoms with E-state index in [2.05, 4.69) is 37.9 Å². The molecule has 0 atom stereocenters. The zero-order valence-electron chi connectivity index (χ0n) is 24.5. The molecule has 0 spiro atoms. The molecular weight excluding hydrogens is 615 g/mol. The number of thioether (sulfide) groups is 1. The van der Waals surface area contributed by atoms with Crippen LogP contribution < -0.4 is 19.4 Å². The lowest BCUT2D eigenvalue weighted by Crippen LogP contribution is -2.48. The van der Waals surface area contributed by atoms with Crippen LogP contribution in [-0.4, -0.2) is 80.2 Å². The Morgan fingerprint density at radius 2 is 1.45 bits per heavy atom. The summed E-state index contributed by atoms with van der Waals surface area (Å²) in [6, 6.07) is 25.7. The molecule has 0 saturated carbocycles. The molecule has 3 aromatic carbocycles. The molecule has 2 aliphatic heterocycles. The molecule has 0 radical (unpaired) electrons. The van der Waals surface area contributed by atoms with E-state index in [0.717, 1.165) is 72.8 Å². The molecule has 1 aromatic heterocycles. The van der Waals surface area contributed by atoms with Crippen molar-refractivity contribution in [2.75, 3.05) is 74.2 Å². The summed E-state index contributed by atoms with van der Waals surface area (Å²) < 4.78 is 5.26. The van der Waals surface area contributed by atoms with Gasteiger partial charge in [0.05, 0.1) is 17.8 Å². The number of carbonyl (C=O) groups excluding carboxylic acids is 1. The summed E-state index contributed by atoms with van der Waals surface area (Å²) in [5, 5.41) is 1.83. The largest absolute Gasteiger partial charge is 0.497 e. The Bertz CT molecular complexity index is 1570. The molecule has 3 heterocycles. The van der Waals surface area contributed by atoms with Gasteiger partial charge >= 0.3 is 0 Å². The van der Waals surface area contributed by atoms with E-state index in [1.54, 1.807) is 7.11 Å². The van der Waals surface area contributed by atoms with Gasteiger partial charge in [-0.1, -0.05) is 59.2 Å². The highest BCUT2D eigenvalue weighted by Crippen LogP contribution is 2.29. The van der Waals surface area contributed by atoms with Crippen molar-refractivity contribution >= 4 is 58.1 Å². The van der Waals surface area contributed by atoms with Gasteiger partial charge < -0.3 is 24.3 Å². The van der Waals surface area contributed by atoms with Crippen molar-refractivity contribution in [2.45, 2.75) is 10.9 Å². The second kappa shape index (κ2) is 14.0. The summed E-state index contributed by atoms with van der Waals surface area (Å²) in [6.45, 7) is 6.28. The number of piperazine rings is 2. The molecule has 2 saturated heterocycles. The number of methoxy groups -OCH3 is 1. The van der Waals surface area contributed by atoms with Crippen LogP contribution in [-0.2, 0) is 5.75 Å². The highest BCUT2D eigenvalue weighted by atomic mass is 35.5. The number of amides is 1. The normalized spacial score (nSPS) is 15.4. The van der Waals surface area contributed by atoms with Crippen LogP contribution in [0.1, 0.15) is 15.9 Å². The molecule has 11 heteroatoms. The molecule has 0 bridgehead atoms. The van der Waals surface area contributed by atoms with E-state index in [9.17, 15) is 4.79 Å². The highest BCUT2D eigenvalue weighted by molar-refractivity contribution is 7.98. The van der Waals surface area contributed by atoms with E-state index in [0.29, 0.717) is 34.7 Å². The van der Waals surface area contributed by atoms with Crippen LogP contribution in [0.25, 0.3) is 0 Å². The first kappa shape index (κ1) is 30.4. The summed E-state index contributed by atoms with van der Waals surface area (Å²) in [6.07, 6.45) is 0. The van der Waals surface area contributed by atoms with E-state index in [1.165, 1.54) is 11.8 Å². The van der Waals surface area contributed by atoms with Crippen molar-refractivity contribution in [2.24, 2.45) is 0 Å². The Hall–Kier alpha value is -3.66. The summed E-state index contributed by atoms with van der Waals surface area (Å²) >= 11 is 14.4. The van der Waals surface area contributed by atoms with E-state index >= 15 is 0 Å². The summed E-state index contributed by atoms with van der Waals surface area (Å²) in [5.41, 5.74) is 4.00. The lowest BCUT2D eigenvalue weighted by Gasteiger charge is -2.37. The number of benzene rings is 3. The maximum absolute atomic E-state index is 13.2. The van der Waals surface area contributed by atoms with Crippen molar-refractivity contribution in [3.63, 3.8) is 0 Å². The quantitative estimate of drug-likeness (QED) is 0.124. The van der Waals surface area contributed by atoms with E-state index in [1.807, 2.05) is 65.6 Å². The molecule has 1 amide bonds. The number of anilines is 3. The number of halogens is 2. The minimum Gasteiger partial charge on any atom is -0.497 e.